The Morgan fingerprint density at radius 1 is 1.14 bits per heavy atom. The van der Waals surface area contributed by atoms with E-state index in [-0.39, 0.29) is 5.75 Å². The SMILES string of the molecule is COCCN(Cc1ccsc1)S(=O)(=O)Cc1ccccc1. The van der Waals surface area contributed by atoms with Crippen LogP contribution in [0.15, 0.2) is 47.2 Å². The molecule has 0 spiro atoms. The van der Waals surface area contributed by atoms with Crippen molar-refractivity contribution in [3.05, 3.63) is 58.3 Å². The Labute approximate surface area is 130 Å². The molecular weight excluding hydrogens is 306 g/mol. The second-order valence-electron chi connectivity index (χ2n) is 4.70. The van der Waals surface area contributed by atoms with E-state index in [1.807, 2.05) is 47.2 Å². The van der Waals surface area contributed by atoms with Crippen molar-refractivity contribution in [2.75, 3.05) is 20.3 Å². The van der Waals surface area contributed by atoms with Crippen molar-refractivity contribution in [3.8, 4) is 0 Å². The van der Waals surface area contributed by atoms with Gasteiger partial charge in [-0.3, -0.25) is 0 Å². The van der Waals surface area contributed by atoms with Gasteiger partial charge in [-0.2, -0.15) is 15.6 Å². The predicted molar refractivity (Wildman–Crippen MR) is 85.7 cm³/mol. The summed E-state index contributed by atoms with van der Waals surface area (Å²) in [7, 11) is -1.79. The molecule has 2 rings (SSSR count). The Morgan fingerprint density at radius 3 is 2.52 bits per heavy atom. The average molecular weight is 325 g/mol. The summed E-state index contributed by atoms with van der Waals surface area (Å²) in [6.07, 6.45) is 0. The maximum Gasteiger partial charge on any atom is 0.218 e. The number of nitrogens with zero attached hydrogens (tertiary/aromatic N) is 1. The molecule has 6 heteroatoms. The van der Waals surface area contributed by atoms with Crippen molar-refractivity contribution in [1.29, 1.82) is 0 Å². The highest BCUT2D eigenvalue weighted by molar-refractivity contribution is 7.88. The van der Waals surface area contributed by atoms with Gasteiger partial charge in [0.1, 0.15) is 0 Å². The highest BCUT2D eigenvalue weighted by Crippen LogP contribution is 2.16. The highest BCUT2D eigenvalue weighted by atomic mass is 32.2. The first kappa shape index (κ1) is 16.2. The lowest BCUT2D eigenvalue weighted by Gasteiger charge is -2.21. The van der Waals surface area contributed by atoms with E-state index in [4.69, 9.17) is 4.74 Å². The van der Waals surface area contributed by atoms with Crippen LogP contribution in [0.5, 0.6) is 0 Å². The van der Waals surface area contributed by atoms with Crippen LogP contribution < -0.4 is 0 Å². The summed E-state index contributed by atoms with van der Waals surface area (Å²) in [6, 6.07) is 11.2. The lowest BCUT2D eigenvalue weighted by Crippen LogP contribution is -2.34. The fraction of sp³-hybridized carbons (Fsp3) is 0.333. The van der Waals surface area contributed by atoms with E-state index in [9.17, 15) is 8.42 Å². The van der Waals surface area contributed by atoms with Crippen molar-refractivity contribution >= 4 is 21.4 Å². The van der Waals surface area contributed by atoms with Gasteiger partial charge in [0, 0.05) is 20.2 Å². The summed E-state index contributed by atoms with van der Waals surface area (Å²) in [5.41, 5.74) is 1.80. The zero-order valence-corrected chi connectivity index (χ0v) is 13.6. The molecule has 1 aromatic heterocycles. The van der Waals surface area contributed by atoms with Crippen LogP contribution >= 0.6 is 11.3 Å². The third kappa shape index (κ3) is 4.93. The summed E-state index contributed by atoms with van der Waals surface area (Å²) >= 11 is 1.57. The second-order valence-corrected chi connectivity index (χ2v) is 7.45. The molecular formula is C15H19NO3S2. The van der Waals surface area contributed by atoms with Gasteiger partial charge in [-0.05, 0) is 28.0 Å². The van der Waals surface area contributed by atoms with Gasteiger partial charge in [-0.15, -0.1) is 0 Å². The van der Waals surface area contributed by atoms with Crippen LogP contribution in [0.3, 0.4) is 0 Å². The number of rotatable bonds is 8. The molecule has 0 aliphatic rings. The smallest absolute Gasteiger partial charge is 0.218 e. The van der Waals surface area contributed by atoms with Crippen LogP contribution in [0.2, 0.25) is 0 Å². The molecule has 0 amide bonds. The maximum absolute atomic E-state index is 12.6. The zero-order valence-electron chi connectivity index (χ0n) is 11.9. The van der Waals surface area contributed by atoms with Crippen molar-refractivity contribution in [2.24, 2.45) is 0 Å². The molecule has 4 nitrogen and oxygen atoms in total. The van der Waals surface area contributed by atoms with Crippen LogP contribution in [0.25, 0.3) is 0 Å². The quantitative estimate of drug-likeness (QED) is 0.750. The molecule has 1 aromatic carbocycles. The van der Waals surface area contributed by atoms with Crippen LogP contribution in [-0.2, 0) is 27.1 Å². The molecule has 2 aromatic rings. The lowest BCUT2D eigenvalue weighted by atomic mass is 10.2. The monoisotopic (exact) mass is 325 g/mol. The third-order valence-electron chi connectivity index (χ3n) is 3.07. The van der Waals surface area contributed by atoms with E-state index >= 15 is 0 Å². The second kappa shape index (κ2) is 7.70. The topological polar surface area (TPSA) is 46.6 Å². The molecule has 0 saturated carbocycles. The number of sulfonamides is 1. The molecule has 1 heterocycles. The average Bonchev–Trinajstić information content (AvgIpc) is 2.97. The minimum absolute atomic E-state index is 0.0156. The lowest BCUT2D eigenvalue weighted by molar-refractivity contribution is 0.177. The molecule has 0 radical (unpaired) electrons. The Balaban J connectivity index is 2.13. The summed E-state index contributed by atoms with van der Waals surface area (Å²) in [5.74, 6) is 0.0156. The molecule has 21 heavy (non-hydrogen) atoms. The Hall–Kier alpha value is -1.21. The molecule has 0 saturated heterocycles. The van der Waals surface area contributed by atoms with Crippen molar-refractivity contribution in [3.63, 3.8) is 0 Å². The Morgan fingerprint density at radius 2 is 1.90 bits per heavy atom. The third-order valence-corrected chi connectivity index (χ3v) is 5.60. The van der Waals surface area contributed by atoms with Crippen LogP contribution in [0.1, 0.15) is 11.1 Å². The number of thiophene rings is 1. The summed E-state index contributed by atoms with van der Waals surface area (Å²) in [4.78, 5) is 0. The molecule has 0 aliphatic carbocycles. The number of benzene rings is 1. The van der Waals surface area contributed by atoms with E-state index in [2.05, 4.69) is 0 Å². The van der Waals surface area contributed by atoms with Gasteiger partial charge in [-0.25, -0.2) is 8.42 Å². The van der Waals surface area contributed by atoms with E-state index in [1.54, 1.807) is 18.4 Å². The Bertz CT molecular complexity index is 624. The Kier molecular flexibility index (Phi) is 5.93. The van der Waals surface area contributed by atoms with Crippen LogP contribution in [0.4, 0.5) is 0 Å². The standard InChI is InChI=1S/C15H19NO3S2/c1-19-9-8-16(11-15-7-10-20-12-15)21(17,18)13-14-5-3-2-4-6-14/h2-7,10,12H,8-9,11,13H2,1H3. The van der Waals surface area contributed by atoms with Crippen LogP contribution in [-0.4, -0.2) is 33.0 Å². The molecule has 0 bridgehead atoms. The number of hydrogen-bond donors (Lipinski definition) is 0. The molecule has 0 fully saturated rings. The molecule has 0 N–H and O–H groups in total. The summed E-state index contributed by atoms with van der Waals surface area (Å²) in [5, 5.41) is 3.92. The van der Waals surface area contributed by atoms with E-state index in [0.29, 0.717) is 19.7 Å². The number of hydrogen-bond acceptors (Lipinski definition) is 4. The number of methoxy groups -OCH3 is 1. The summed E-state index contributed by atoms with van der Waals surface area (Å²) in [6.45, 7) is 1.14. The zero-order chi connectivity index (χ0) is 15.1. The highest BCUT2D eigenvalue weighted by Gasteiger charge is 2.22. The first-order valence-corrected chi connectivity index (χ1v) is 9.19. The van der Waals surface area contributed by atoms with Crippen molar-refractivity contribution in [2.45, 2.75) is 12.3 Å². The minimum Gasteiger partial charge on any atom is -0.383 e. The summed E-state index contributed by atoms with van der Waals surface area (Å²) < 4.78 is 31.7. The molecule has 0 aliphatic heterocycles. The first-order chi connectivity index (χ1) is 10.1. The van der Waals surface area contributed by atoms with Crippen LogP contribution in [0, 0.1) is 0 Å². The van der Waals surface area contributed by atoms with Crippen molar-refractivity contribution in [1.82, 2.24) is 4.31 Å². The van der Waals surface area contributed by atoms with Gasteiger partial charge >= 0.3 is 0 Å². The van der Waals surface area contributed by atoms with Gasteiger partial charge in [-0.1, -0.05) is 30.3 Å². The maximum atomic E-state index is 12.6. The minimum atomic E-state index is -3.37. The fourth-order valence-electron chi connectivity index (χ4n) is 1.97. The predicted octanol–water partition coefficient (Wildman–Crippen LogP) is 2.73. The van der Waals surface area contributed by atoms with Gasteiger partial charge in [0.15, 0.2) is 0 Å². The largest absolute Gasteiger partial charge is 0.383 e. The molecule has 114 valence electrons. The van der Waals surface area contributed by atoms with Gasteiger partial charge in [0.25, 0.3) is 0 Å². The molecule has 0 unspecified atom stereocenters. The van der Waals surface area contributed by atoms with Gasteiger partial charge in [0.2, 0.25) is 10.0 Å². The number of ether oxygens (including phenoxy) is 1. The normalized spacial score (nSPS) is 11.9. The van der Waals surface area contributed by atoms with E-state index in [0.717, 1.165) is 11.1 Å². The first-order valence-electron chi connectivity index (χ1n) is 6.63. The van der Waals surface area contributed by atoms with Crippen molar-refractivity contribution < 1.29 is 13.2 Å². The van der Waals surface area contributed by atoms with Gasteiger partial charge in [0.05, 0.1) is 12.4 Å². The van der Waals surface area contributed by atoms with E-state index in [1.165, 1.54) is 4.31 Å². The fourth-order valence-corrected chi connectivity index (χ4v) is 4.13. The van der Waals surface area contributed by atoms with E-state index < -0.39 is 10.0 Å². The molecule has 0 atom stereocenters. The van der Waals surface area contributed by atoms with Gasteiger partial charge < -0.3 is 4.74 Å².